The van der Waals surface area contributed by atoms with Gasteiger partial charge in [0.15, 0.2) is 0 Å². The normalized spacial score (nSPS) is 20.8. The molecule has 0 N–H and O–H groups in total. The number of methoxy groups -OCH3 is 1. The molecule has 0 spiro atoms. The SMILES string of the molecule is COCCCCC(Cl)C1CCCC1. The number of halogens is 1. The van der Waals surface area contributed by atoms with Gasteiger partial charge in [-0.2, -0.15) is 0 Å². The number of alkyl halides is 1. The fraction of sp³-hybridized carbons (Fsp3) is 1.00. The minimum absolute atomic E-state index is 0.430. The zero-order valence-corrected chi connectivity index (χ0v) is 9.35. The highest BCUT2D eigenvalue weighted by molar-refractivity contribution is 6.20. The standard InChI is InChI=1S/C11H21ClO/c1-13-9-5-4-8-11(12)10-6-2-3-7-10/h10-11H,2-9H2,1H3. The zero-order chi connectivity index (χ0) is 9.52. The monoisotopic (exact) mass is 204 g/mol. The van der Waals surface area contributed by atoms with E-state index in [9.17, 15) is 0 Å². The second kappa shape index (κ2) is 6.67. The number of ether oxygens (including phenoxy) is 1. The van der Waals surface area contributed by atoms with Crippen molar-refractivity contribution in [1.82, 2.24) is 0 Å². The van der Waals surface area contributed by atoms with E-state index >= 15 is 0 Å². The van der Waals surface area contributed by atoms with Crippen LogP contribution in [0.5, 0.6) is 0 Å². The van der Waals surface area contributed by atoms with Gasteiger partial charge in [-0.3, -0.25) is 0 Å². The minimum Gasteiger partial charge on any atom is -0.385 e. The zero-order valence-electron chi connectivity index (χ0n) is 8.60. The maximum absolute atomic E-state index is 6.33. The Balaban J connectivity index is 1.99. The van der Waals surface area contributed by atoms with Crippen molar-refractivity contribution in [1.29, 1.82) is 0 Å². The summed E-state index contributed by atoms with van der Waals surface area (Å²) in [6, 6.07) is 0. The van der Waals surface area contributed by atoms with E-state index in [2.05, 4.69) is 0 Å². The van der Waals surface area contributed by atoms with Crippen LogP contribution in [0.1, 0.15) is 44.9 Å². The van der Waals surface area contributed by atoms with Gasteiger partial charge in [0.1, 0.15) is 0 Å². The molecule has 0 radical (unpaired) electrons. The van der Waals surface area contributed by atoms with E-state index in [1.54, 1.807) is 7.11 Å². The Morgan fingerprint density at radius 1 is 1.31 bits per heavy atom. The van der Waals surface area contributed by atoms with Crippen LogP contribution >= 0.6 is 11.6 Å². The highest BCUT2D eigenvalue weighted by atomic mass is 35.5. The summed E-state index contributed by atoms with van der Waals surface area (Å²) in [6.45, 7) is 0.883. The van der Waals surface area contributed by atoms with Crippen molar-refractivity contribution in [2.75, 3.05) is 13.7 Å². The third kappa shape index (κ3) is 4.33. The van der Waals surface area contributed by atoms with Crippen LogP contribution in [0.2, 0.25) is 0 Å². The van der Waals surface area contributed by atoms with Gasteiger partial charge in [-0.05, 0) is 38.0 Å². The Bertz CT molecular complexity index is 121. The minimum atomic E-state index is 0.430. The summed E-state index contributed by atoms with van der Waals surface area (Å²) < 4.78 is 5.01. The van der Waals surface area contributed by atoms with Gasteiger partial charge in [-0.1, -0.05) is 12.8 Å². The van der Waals surface area contributed by atoms with E-state index in [1.165, 1.54) is 38.5 Å². The van der Waals surface area contributed by atoms with Gasteiger partial charge >= 0.3 is 0 Å². The molecule has 1 fully saturated rings. The Kier molecular flexibility index (Phi) is 5.81. The molecule has 13 heavy (non-hydrogen) atoms. The first-order valence-electron chi connectivity index (χ1n) is 5.47. The van der Waals surface area contributed by atoms with Crippen molar-refractivity contribution in [2.45, 2.75) is 50.3 Å². The van der Waals surface area contributed by atoms with Crippen molar-refractivity contribution in [3.05, 3.63) is 0 Å². The van der Waals surface area contributed by atoms with Gasteiger partial charge in [0.25, 0.3) is 0 Å². The van der Waals surface area contributed by atoms with Crippen molar-refractivity contribution in [3.8, 4) is 0 Å². The molecule has 1 saturated carbocycles. The summed E-state index contributed by atoms with van der Waals surface area (Å²) in [6.07, 6.45) is 9.06. The second-order valence-corrected chi connectivity index (χ2v) is 4.61. The molecule has 2 heteroatoms. The van der Waals surface area contributed by atoms with Crippen LogP contribution in [0.4, 0.5) is 0 Å². The molecule has 0 saturated heterocycles. The molecule has 0 bridgehead atoms. The summed E-state index contributed by atoms with van der Waals surface area (Å²) in [7, 11) is 1.76. The van der Waals surface area contributed by atoms with Gasteiger partial charge in [0.2, 0.25) is 0 Å². The number of unbranched alkanes of at least 4 members (excludes halogenated alkanes) is 1. The molecule has 0 heterocycles. The van der Waals surface area contributed by atoms with Gasteiger partial charge in [0, 0.05) is 19.1 Å². The molecule has 1 atom stereocenters. The van der Waals surface area contributed by atoms with E-state index < -0.39 is 0 Å². The number of hydrogen-bond acceptors (Lipinski definition) is 1. The predicted octanol–water partition coefficient (Wildman–Crippen LogP) is 3.60. The molecule has 0 amide bonds. The fourth-order valence-electron chi connectivity index (χ4n) is 2.14. The highest BCUT2D eigenvalue weighted by Crippen LogP contribution is 2.32. The second-order valence-electron chi connectivity index (χ2n) is 4.05. The van der Waals surface area contributed by atoms with E-state index in [0.717, 1.165) is 18.9 Å². The number of hydrogen-bond donors (Lipinski definition) is 0. The molecule has 0 aliphatic heterocycles. The van der Waals surface area contributed by atoms with Gasteiger partial charge < -0.3 is 4.74 Å². The third-order valence-corrected chi connectivity index (χ3v) is 3.56. The van der Waals surface area contributed by atoms with Crippen molar-refractivity contribution >= 4 is 11.6 Å². The molecule has 1 rings (SSSR count). The first-order valence-corrected chi connectivity index (χ1v) is 5.91. The lowest BCUT2D eigenvalue weighted by molar-refractivity contribution is 0.191. The summed E-state index contributed by atoms with van der Waals surface area (Å²) in [5.41, 5.74) is 0. The van der Waals surface area contributed by atoms with Crippen LogP contribution in [0.15, 0.2) is 0 Å². The molecule has 0 aromatic heterocycles. The summed E-state index contributed by atoms with van der Waals surface area (Å²) in [5, 5.41) is 0.430. The molecule has 1 aliphatic rings. The highest BCUT2D eigenvalue weighted by Gasteiger charge is 2.22. The van der Waals surface area contributed by atoms with Gasteiger partial charge in [-0.15, -0.1) is 11.6 Å². The van der Waals surface area contributed by atoms with Crippen LogP contribution in [-0.4, -0.2) is 19.1 Å². The predicted molar refractivity (Wildman–Crippen MR) is 57.3 cm³/mol. The topological polar surface area (TPSA) is 9.23 Å². The lowest BCUT2D eigenvalue weighted by Crippen LogP contribution is -2.11. The largest absolute Gasteiger partial charge is 0.385 e. The maximum Gasteiger partial charge on any atom is 0.0462 e. The van der Waals surface area contributed by atoms with E-state index in [0.29, 0.717) is 5.38 Å². The summed E-state index contributed by atoms with van der Waals surface area (Å²) in [5.74, 6) is 0.809. The third-order valence-electron chi connectivity index (χ3n) is 2.99. The molecular formula is C11H21ClO. The molecule has 0 aromatic rings. The average molecular weight is 205 g/mol. The van der Waals surface area contributed by atoms with Crippen LogP contribution in [0.25, 0.3) is 0 Å². The molecule has 1 nitrogen and oxygen atoms in total. The van der Waals surface area contributed by atoms with E-state index in [4.69, 9.17) is 16.3 Å². The van der Waals surface area contributed by atoms with E-state index in [-0.39, 0.29) is 0 Å². The number of rotatable bonds is 6. The lowest BCUT2D eigenvalue weighted by atomic mass is 9.99. The Morgan fingerprint density at radius 3 is 2.62 bits per heavy atom. The van der Waals surface area contributed by atoms with Crippen LogP contribution in [0.3, 0.4) is 0 Å². The molecule has 1 aliphatic carbocycles. The van der Waals surface area contributed by atoms with Crippen molar-refractivity contribution in [3.63, 3.8) is 0 Å². The van der Waals surface area contributed by atoms with Gasteiger partial charge in [-0.25, -0.2) is 0 Å². The Morgan fingerprint density at radius 2 is 2.00 bits per heavy atom. The van der Waals surface area contributed by atoms with Crippen molar-refractivity contribution < 1.29 is 4.74 Å². The first kappa shape index (κ1) is 11.3. The Hall–Kier alpha value is 0.250. The lowest BCUT2D eigenvalue weighted by Gasteiger charge is -2.15. The molecule has 1 unspecified atom stereocenters. The molecule has 0 aromatic carbocycles. The van der Waals surface area contributed by atoms with Gasteiger partial charge in [0.05, 0.1) is 0 Å². The van der Waals surface area contributed by atoms with Crippen LogP contribution < -0.4 is 0 Å². The van der Waals surface area contributed by atoms with Crippen molar-refractivity contribution in [2.24, 2.45) is 5.92 Å². The summed E-state index contributed by atoms with van der Waals surface area (Å²) >= 11 is 6.33. The first-order chi connectivity index (χ1) is 6.34. The quantitative estimate of drug-likeness (QED) is 0.475. The average Bonchev–Trinajstić information content (AvgIpc) is 2.65. The summed E-state index contributed by atoms with van der Waals surface area (Å²) in [4.78, 5) is 0. The fourth-order valence-corrected chi connectivity index (χ4v) is 2.55. The van der Waals surface area contributed by atoms with Crippen LogP contribution in [0, 0.1) is 5.92 Å². The smallest absolute Gasteiger partial charge is 0.0462 e. The van der Waals surface area contributed by atoms with E-state index in [1.807, 2.05) is 0 Å². The maximum atomic E-state index is 6.33. The Labute approximate surface area is 86.8 Å². The molecule has 78 valence electrons. The molecular weight excluding hydrogens is 184 g/mol. The van der Waals surface area contributed by atoms with Crippen LogP contribution in [-0.2, 0) is 4.74 Å².